The number of fused-ring (bicyclic) bond motifs is 1. The molecule has 0 unspecified atom stereocenters. The van der Waals surface area contributed by atoms with E-state index in [9.17, 15) is 13.2 Å². The molecular weight excluding hydrogens is 430 g/mol. The summed E-state index contributed by atoms with van der Waals surface area (Å²) in [5.41, 5.74) is 1.24. The van der Waals surface area contributed by atoms with Gasteiger partial charge in [-0.2, -0.15) is 11.8 Å². The summed E-state index contributed by atoms with van der Waals surface area (Å²) >= 11 is 3.05. The molecule has 1 saturated heterocycles. The van der Waals surface area contributed by atoms with Crippen molar-refractivity contribution in [1.29, 1.82) is 0 Å². The molecule has 1 aliphatic heterocycles. The molecule has 7 nitrogen and oxygen atoms in total. The first-order valence-electron chi connectivity index (χ1n) is 8.91. The van der Waals surface area contributed by atoms with E-state index < -0.39 is 10.0 Å². The number of sulfonamides is 1. The van der Waals surface area contributed by atoms with Gasteiger partial charge in [0.2, 0.25) is 0 Å². The third-order valence-electron chi connectivity index (χ3n) is 4.53. The van der Waals surface area contributed by atoms with Crippen LogP contribution in [0.4, 0.5) is 5.13 Å². The largest absolute Gasteiger partial charge is 0.497 e. The number of ether oxygens (including phenoxy) is 1. The summed E-state index contributed by atoms with van der Waals surface area (Å²) in [6.45, 7) is 1.49. The number of rotatable bonds is 5. The van der Waals surface area contributed by atoms with Crippen LogP contribution in [-0.4, -0.2) is 55.9 Å². The van der Waals surface area contributed by atoms with Crippen LogP contribution in [0.3, 0.4) is 0 Å². The van der Waals surface area contributed by atoms with Gasteiger partial charge >= 0.3 is 0 Å². The number of carbonyl (C=O) groups is 1. The second-order valence-electron chi connectivity index (χ2n) is 6.39. The van der Waals surface area contributed by atoms with E-state index in [-0.39, 0.29) is 15.9 Å². The number of aromatic nitrogens is 1. The molecule has 4 rings (SSSR count). The van der Waals surface area contributed by atoms with Gasteiger partial charge in [-0.25, -0.2) is 13.4 Å². The van der Waals surface area contributed by atoms with E-state index in [0.29, 0.717) is 16.8 Å². The molecule has 0 spiro atoms. The lowest BCUT2D eigenvalue weighted by molar-refractivity contribution is 0.0772. The minimum absolute atomic E-state index is 0.000892. The average Bonchev–Trinajstić information content (AvgIpc) is 3.14. The molecule has 1 fully saturated rings. The molecular formula is C19H19N3O4S3. The maximum absolute atomic E-state index is 12.7. The van der Waals surface area contributed by atoms with E-state index in [4.69, 9.17) is 4.74 Å². The Morgan fingerprint density at radius 3 is 2.55 bits per heavy atom. The minimum Gasteiger partial charge on any atom is -0.497 e. The standard InChI is InChI=1S/C19H19N3O4S3/c1-26-14-3-5-15(6-4-14)29(24,25)21-19-20-16-7-2-13(12-17(16)28-19)18(23)22-8-10-27-11-9-22/h2-7,12H,8-11H2,1H3,(H,20,21). The maximum Gasteiger partial charge on any atom is 0.263 e. The zero-order valence-corrected chi connectivity index (χ0v) is 18.1. The van der Waals surface area contributed by atoms with Gasteiger partial charge in [-0.15, -0.1) is 0 Å². The summed E-state index contributed by atoms with van der Waals surface area (Å²) in [5, 5.41) is 0.259. The van der Waals surface area contributed by atoms with E-state index >= 15 is 0 Å². The SMILES string of the molecule is COc1ccc(S(=O)(=O)Nc2nc3ccc(C(=O)N4CCSCC4)cc3s2)cc1. The average molecular weight is 450 g/mol. The molecule has 0 saturated carbocycles. The van der Waals surface area contributed by atoms with E-state index in [1.807, 2.05) is 16.7 Å². The smallest absolute Gasteiger partial charge is 0.263 e. The van der Waals surface area contributed by atoms with Crippen LogP contribution in [0.15, 0.2) is 47.4 Å². The fraction of sp³-hybridized carbons (Fsp3) is 0.263. The predicted octanol–water partition coefficient (Wildman–Crippen LogP) is 3.29. The Kier molecular flexibility index (Phi) is 5.66. The molecule has 2 heterocycles. The Bertz CT molecular complexity index is 1140. The summed E-state index contributed by atoms with van der Waals surface area (Å²) in [4.78, 5) is 19.0. The summed E-state index contributed by atoms with van der Waals surface area (Å²) in [5.74, 6) is 2.48. The van der Waals surface area contributed by atoms with Crippen molar-refractivity contribution in [3.63, 3.8) is 0 Å². The van der Waals surface area contributed by atoms with Crippen molar-refractivity contribution < 1.29 is 17.9 Å². The van der Waals surface area contributed by atoms with Gasteiger partial charge in [-0.1, -0.05) is 11.3 Å². The normalized spacial score (nSPS) is 14.7. The zero-order valence-electron chi connectivity index (χ0n) is 15.6. The molecule has 1 amide bonds. The summed E-state index contributed by atoms with van der Waals surface area (Å²) < 4.78 is 33.6. The maximum atomic E-state index is 12.7. The Balaban J connectivity index is 1.56. The lowest BCUT2D eigenvalue weighted by Gasteiger charge is -2.26. The van der Waals surface area contributed by atoms with E-state index in [1.54, 1.807) is 30.3 Å². The van der Waals surface area contributed by atoms with Crippen molar-refractivity contribution >= 4 is 54.4 Å². The van der Waals surface area contributed by atoms with Gasteiger partial charge < -0.3 is 9.64 Å². The molecule has 29 heavy (non-hydrogen) atoms. The minimum atomic E-state index is -3.76. The van der Waals surface area contributed by atoms with Crippen molar-refractivity contribution in [2.45, 2.75) is 4.90 Å². The van der Waals surface area contributed by atoms with Crippen LogP contribution in [0.25, 0.3) is 10.2 Å². The van der Waals surface area contributed by atoms with Gasteiger partial charge in [0, 0.05) is 30.2 Å². The van der Waals surface area contributed by atoms with Crippen molar-refractivity contribution in [1.82, 2.24) is 9.88 Å². The fourth-order valence-corrected chi connectivity index (χ4v) is 6.02. The third kappa shape index (κ3) is 4.34. The fourth-order valence-electron chi connectivity index (χ4n) is 2.98. The van der Waals surface area contributed by atoms with Gasteiger partial charge in [0.05, 0.1) is 22.2 Å². The number of amides is 1. The van der Waals surface area contributed by atoms with Gasteiger partial charge in [-0.3, -0.25) is 9.52 Å². The Hall–Kier alpha value is -2.30. The quantitative estimate of drug-likeness (QED) is 0.643. The lowest BCUT2D eigenvalue weighted by Crippen LogP contribution is -2.37. The van der Waals surface area contributed by atoms with Crippen molar-refractivity contribution in [2.24, 2.45) is 0 Å². The van der Waals surface area contributed by atoms with Gasteiger partial charge in [0.1, 0.15) is 5.75 Å². The van der Waals surface area contributed by atoms with Crippen LogP contribution in [-0.2, 0) is 10.0 Å². The number of benzene rings is 2. The molecule has 0 radical (unpaired) electrons. The van der Waals surface area contributed by atoms with E-state index in [1.165, 1.54) is 30.6 Å². The number of hydrogen-bond donors (Lipinski definition) is 1. The molecule has 0 atom stereocenters. The summed E-state index contributed by atoms with van der Waals surface area (Å²) in [7, 11) is -2.24. The Labute approximate surface area is 177 Å². The first kappa shape index (κ1) is 20.0. The van der Waals surface area contributed by atoms with Gasteiger partial charge in [0.25, 0.3) is 15.9 Å². The number of anilines is 1. The highest BCUT2D eigenvalue weighted by Gasteiger charge is 2.20. The molecule has 3 aromatic rings. The topological polar surface area (TPSA) is 88.6 Å². The predicted molar refractivity (Wildman–Crippen MR) is 117 cm³/mol. The first-order valence-corrected chi connectivity index (χ1v) is 12.4. The molecule has 1 aromatic heterocycles. The molecule has 2 aromatic carbocycles. The molecule has 0 bridgehead atoms. The molecule has 152 valence electrons. The first-order chi connectivity index (χ1) is 14.0. The molecule has 0 aliphatic carbocycles. The third-order valence-corrected chi connectivity index (χ3v) is 7.89. The second kappa shape index (κ2) is 8.21. The highest BCUT2D eigenvalue weighted by atomic mass is 32.2. The van der Waals surface area contributed by atoms with Gasteiger partial charge in [-0.05, 0) is 42.5 Å². The van der Waals surface area contributed by atoms with Crippen molar-refractivity contribution in [3.05, 3.63) is 48.0 Å². The number of carbonyl (C=O) groups excluding carboxylic acids is 1. The number of thioether (sulfide) groups is 1. The summed E-state index contributed by atoms with van der Waals surface area (Å²) in [6.07, 6.45) is 0. The number of methoxy groups -OCH3 is 1. The van der Waals surface area contributed by atoms with E-state index in [0.717, 1.165) is 29.3 Å². The molecule has 1 N–H and O–H groups in total. The van der Waals surface area contributed by atoms with Crippen LogP contribution in [0.2, 0.25) is 0 Å². The second-order valence-corrected chi connectivity index (χ2v) is 10.3. The summed E-state index contributed by atoms with van der Waals surface area (Å²) in [6, 6.07) is 11.4. The van der Waals surface area contributed by atoms with Crippen LogP contribution >= 0.6 is 23.1 Å². The molecule has 1 aliphatic rings. The number of nitrogens with one attached hydrogen (secondary N) is 1. The Morgan fingerprint density at radius 1 is 1.14 bits per heavy atom. The van der Waals surface area contributed by atoms with Crippen LogP contribution in [0, 0.1) is 0 Å². The van der Waals surface area contributed by atoms with Crippen LogP contribution in [0.1, 0.15) is 10.4 Å². The molecule has 10 heteroatoms. The number of nitrogens with zero attached hydrogens (tertiary/aromatic N) is 2. The van der Waals surface area contributed by atoms with Gasteiger partial charge in [0.15, 0.2) is 5.13 Å². The van der Waals surface area contributed by atoms with Crippen LogP contribution < -0.4 is 9.46 Å². The highest BCUT2D eigenvalue weighted by Crippen LogP contribution is 2.29. The van der Waals surface area contributed by atoms with Crippen molar-refractivity contribution in [2.75, 3.05) is 36.4 Å². The van der Waals surface area contributed by atoms with E-state index in [2.05, 4.69) is 9.71 Å². The Morgan fingerprint density at radius 2 is 1.86 bits per heavy atom. The van der Waals surface area contributed by atoms with Crippen LogP contribution in [0.5, 0.6) is 5.75 Å². The monoisotopic (exact) mass is 449 g/mol. The number of hydrogen-bond acceptors (Lipinski definition) is 7. The van der Waals surface area contributed by atoms with Crippen molar-refractivity contribution in [3.8, 4) is 5.75 Å². The highest BCUT2D eigenvalue weighted by molar-refractivity contribution is 7.99. The zero-order chi connectivity index (χ0) is 20.4. The lowest BCUT2D eigenvalue weighted by atomic mass is 10.2. The number of thiazole rings is 1.